The number of rotatable bonds is 5. The summed E-state index contributed by atoms with van der Waals surface area (Å²) in [5.41, 5.74) is 3.38. The zero-order chi connectivity index (χ0) is 16.4. The van der Waals surface area contributed by atoms with Gasteiger partial charge in [-0.15, -0.1) is 0 Å². The number of hydrogen-bond acceptors (Lipinski definition) is 3. The van der Waals surface area contributed by atoms with Crippen LogP contribution in [0.3, 0.4) is 0 Å². The Bertz CT molecular complexity index is 689. The first kappa shape index (κ1) is 16.0. The molecule has 0 bridgehead atoms. The van der Waals surface area contributed by atoms with Crippen LogP contribution in [0.2, 0.25) is 0 Å². The second-order valence-electron chi connectivity index (χ2n) is 6.48. The highest BCUT2D eigenvalue weighted by molar-refractivity contribution is 5.83. The van der Waals surface area contributed by atoms with Gasteiger partial charge in [-0.25, -0.2) is 0 Å². The molecule has 0 aliphatic carbocycles. The monoisotopic (exact) mass is 316 g/mol. The number of hydrogen-bond donors (Lipinski definition) is 2. The van der Waals surface area contributed by atoms with Gasteiger partial charge in [0.05, 0.1) is 0 Å². The maximum absolute atomic E-state index is 11.8. The predicted octanol–water partition coefficient (Wildman–Crippen LogP) is 2.79. The summed E-state index contributed by atoms with van der Waals surface area (Å²) in [4.78, 5) is 17.1. The van der Waals surface area contributed by atoms with Crippen molar-refractivity contribution in [2.75, 3.05) is 20.3 Å². The van der Waals surface area contributed by atoms with E-state index >= 15 is 0 Å². The van der Waals surface area contributed by atoms with Gasteiger partial charge in [-0.1, -0.05) is 12.1 Å². The zero-order valence-corrected chi connectivity index (χ0v) is 13.7. The third-order valence-electron chi connectivity index (χ3n) is 4.80. The molecule has 0 radical (unpaired) electrons. The molecule has 2 N–H and O–H groups in total. The molecule has 0 amide bonds. The highest BCUT2D eigenvalue weighted by Gasteiger charge is 2.33. The van der Waals surface area contributed by atoms with Gasteiger partial charge in [0.1, 0.15) is 6.04 Å². The number of aliphatic carboxylic acids is 1. The van der Waals surface area contributed by atoms with Gasteiger partial charge in [0.15, 0.2) is 0 Å². The number of aromatic nitrogens is 1. The van der Waals surface area contributed by atoms with Crippen LogP contribution in [0, 0.1) is 12.8 Å². The summed E-state index contributed by atoms with van der Waals surface area (Å²) in [6.45, 7) is 4.01. The molecule has 3 rings (SSSR count). The van der Waals surface area contributed by atoms with Crippen LogP contribution in [-0.2, 0) is 16.1 Å². The molecule has 1 aromatic heterocycles. The van der Waals surface area contributed by atoms with E-state index in [4.69, 9.17) is 4.74 Å². The summed E-state index contributed by atoms with van der Waals surface area (Å²) in [6.07, 6.45) is 1.63. The Hall–Kier alpha value is -1.85. The molecule has 2 aromatic rings. The molecule has 5 nitrogen and oxygen atoms in total. The van der Waals surface area contributed by atoms with E-state index < -0.39 is 12.0 Å². The van der Waals surface area contributed by atoms with Crippen LogP contribution >= 0.6 is 0 Å². The molecule has 0 spiro atoms. The minimum absolute atomic E-state index is 0.150. The molecule has 5 heteroatoms. The Morgan fingerprint density at radius 3 is 2.83 bits per heavy atom. The molecule has 2 heterocycles. The van der Waals surface area contributed by atoms with Crippen molar-refractivity contribution >= 4 is 16.9 Å². The van der Waals surface area contributed by atoms with Crippen LogP contribution < -0.4 is 0 Å². The van der Waals surface area contributed by atoms with Crippen LogP contribution in [0.15, 0.2) is 24.3 Å². The number of likely N-dealkylation sites (N-methyl/N-ethyl adjacent to an activating group) is 1. The van der Waals surface area contributed by atoms with E-state index in [-0.39, 0.29) is 5.92 Å². The van der Waals surface area contributed by atoms with Crippen LogP contribution in [-0.4, -0.2) is 47.3 Å². The molecule has 1 aliphatic rings. The van der Waals surface area contributed by atoms with E-state index in [9.17, 15) is 9.90 Å². The SMILES string of the molecule is Cc1cccc2[nH]c(CN(C)C(C(=O)O)C3CCOCC3)cc12. The number of ether oxygens (including phenoxy) is 1. The summed E-state index contributed by atoms with van der Waals surface area (Å²) in [6, 6.07) is 7.84. The maximum Gasteiger partial charge on any atom is 0.321 e. The molecule has 1 fully saturated rings. The third kappa shape index (κ3) is 3.41. The van der Waals surface area contributed by atoms with Gasteiger partial charge in [0, 0.05) is 36.4 Å². The number of nitrogens with one attached hydrogen (secondary N) is 1. The van der Waals surface area contributed by atoms with E-state index in [1.165, 1.54) is 10.9 Å². The van der Waals surface area contributed by atoms with Gasteiger partial charge >= 0.3 is 5.97 Å². The Kier molecular flexibility index (Phi) is 4.68. The van der Waals surface area contributed by atoms with Crippen LogP contribution in [0.1, 0.15) is 24.1 Å². The normalized spacial score (nSPS) is 17.7. The maximum atomic E-state index is 11.8. The van der Waals surface area contributed by atoms with Gasteiger partial charge in [0.25, 0.3) is 0 Å². The average Bonchev–Trinajstić information content (AvgIpc) is 2.92. The molecular formula is C18H24N2O3. The Morgan fingerprint density at radius 2 is 2.17 bits per heavy atom. The number of aryl methyl sites for hydroxylation is 1. The lowest BCUT2D eigenvalue weighted by Gasteiger charge is -2.33. The van der Waals surface area contributed by atoms with Gasteiger partial charge in [-0.3, -0.25) is 9.69 Å². The molecule has 1 saturated heterocycles. The van der Waals surface area contributed by atoms with Gasteiger partial charge in [0.2, 0.25) is 0 Å². The Labute approximate surface area is 136 Å². The zero-order valence-electron chi connectivity index (χ0n) is 13.7. The molecule has 1 aliphatic heterocycles. The predicted molar refractivity (Wildman–Crippen MR) is 89.5 cm³/mol. The second kappa shape index (κ2) is 6.72. The largest absolute Gasteiger partial charge is 0.480 e. The van der Waals surface area contributed by atoms with E-state index in [0.29, 0.717) is 19.8 Å². The van der Waals surface area contributed by atoms with E-state index in [1.807, 2.05) is 18.0 Å². The first-order valence-corrected chi connectivity index (χ1v) is 8.14. The van der Waals surface area contributed by atoms with Crippen LogP contribution in [0.5, 0.6) is 0 Å². The Morgan fingerprint density at radius 1 is 1.43 bits per heavy atom. The Balaban J connectivity index is 1.78. The number of benzene rings is 1. The molecule has 124 valence electrons. The standard InChI is InChI=1S/C18H24N2O3/c1-12-4-3-5-16-15(12)10-14(19-16)11-20(2)17(18(21)22)13-6-8-23-9-7-13/h3-5,10,13,17,19H,6-9,11H2,1-2H3,(H,21,22). The van der Waals surface area contributed by atoms with Gasteiger partial charge < -0.3 is 14.8 Å². The van der Waals surface area contributed by atoms with Crippen molar-refractivity contribution in [1.82, 2.24) is 9.88 Å². The highest BCUT2D eigenvalue weighted by atomic mass is 16.5. The molecule has 1 atom stereocenters. The fraction of sp³-hybridized carbons (Fsp3) is 0.500. The van der Waals surface area contributed by atoms with Gasteiger partial charge in [-0.2, -0.15) is 0 Å². The van der Waals surface area contributed by atoms with Crippen molar-refractivity contribution in [2.24, 2.45) is 5.92 Å². The van der Waals surface area contributed by atoms with Crippen LogP contribution in [0.25, 0.3) is 10.9 Å². The summed E-state index contributed by atoms with van der Waals surface area (Å²) >= 11 is 0. The lowest BCUT2D eigenvalue weighted by molar-refractivity contribution is -0.146. The highest BCUT2D eigenvalue weighted by Crippen LogP contribution is 2.25. The van der Waals surface area contributed by atoms with Crippen molar-refractivity contribution in [3.8, 4) is 0 Å². The summed E-state index contributed by atoms with van der Waals surface area (Å²) < 4.78 is 5.36. The molecule has 1 aromatic carbocycles. The lowest BCUT2D eigenvalue weighted by Crippen LogP contribution is -2.45. The summed E-state index contributed by atoms with van der Waals surface area (Å²) in [5, 5.41) is 10.9. The molecule has 1 unspecified atom stereocenters. The fourth-order valence-corrected chi connectivity index (χ4v) is 3.60. The number of fused-ring (bicyclic) bond motifs is 1. The lowest BCUT2D eigenvalue weighted by atomic mass is 9.90. The topological polar surface area (TPSA) is 65.6 Å². The third-order valence-corrected chi connectivity index (χ3v) is 4.80. The van der Waals surface area contributed by atoms with Crippen molar-refractivity contribution in [3.63, 3.8) is 0 Å². The summed E-state index contributed by atoms with van der Waals surface area (Å²) in [5.74, 6) is -0.593. The van der Waals surface area contributed by atoms with Gasteiger partial charge in [-0.05, 0) is 50.4 Å². The molecule has 23 heavy (non-hydrogen) atoms. The van der Waals surface area contributed by atoms with Crippen molar-refractivity contribution in [3.05, 3.63) is 35.5 Å². The molecule has 0 saturated carbocycles. The minimum atomic E-state index is -0.744. The minimum Gasteiger partial charge on any atom is -0.480 e. The fourth-order valence-electron chi connectivity index (χ4n) is 3.60. The van der Waals surface area contributed by atoms with E-state index in [1.54, 1.807) is 0 Å². The quantitative estimate of drug-likeness (QED) is 0.890. The smallest absolute Gasteiger partial charge is 0.321 e. The van der Waals surface area contributed by atoms with E-state index in [2.05, 4.69) is 30.1 Å². The summed E-state index contributed by atoms with van der Waals surface area (Å²) in [7, 11) is 1.90. The first-order chi connectivity index (χ1) is 11.1. The van der Waals surface area contributed by atoms with Crippen LogP contribution in [0.4, 0.5) is 0 Å². The number of H-pyrrole nitrogens is 1. The number of carboxylic acids is 1. The number of aromatic amines is 1. The average molecular weight is 316 g/mol. The van der Waals surface area contributed by atoms with Crippen molar-refractivity contribution in [1.29, 1.82) is 0 Å². The van der Waals surface area contributed by atoms with E-state index in [0.717, 1.165) is 24.1 Å². The van der Waals surface area contributed by atoms with Crippen molar-refractivity contribution in [2.45, 2.75) is 32.4 Å². The number of carbonyl (C=O) groups is 1. The molecular weight excluding hydrogens is 292 g/mol. The second-order valence-corrected chi connectivity index (χ2v) is 6.48. The first-order valence-electron chi connectivity index (χ1n) is 8.14. The number of nitrogens with zero attached hydrogens (tertiary/aromatic N) is 1. The number of carboxylic acid groups (broad SMARTS) is 1. The van der Waals surface area contributed by atoms with Crippen molar-refractivity contribution < 1.29 is 14.6 Å².